The molecule has 70 valence electrons. The molecule has 0 radical (unpaired) electrons. The number of anilines is 1. The second kappa shape index (κ2) is 3.45. The number of carbonyl (C=O) groups is 1. The summed E-state index contributed by atoms with van der Waals surface area (Å²) in [7, 11) is 0. The molecule has 0 aliphatic heterocycles. The second-order valence-electron chi connectivity index (χ2n) is 2.94. The van der Waals surface area contributed by atoms with Crippen LogP contribution in [0.4, 0.5) is 5.69 Å². The van der Waals surface area contributed by atoms with Crippen molar-refractivity contribution in [1.82, 2.24) is 0 Å². The highest BCUT2D eigenvalue weighted by atomic mass is 16.4. The van der Waals surface area contributed by atoms with Crippen LogP contribution in [0.25, 0.3) is 0 Å². The first-order valence-corrected chi connectivity index (χ1v) is 3.90. The molecule has 1 aromatic carbocycles. The molecule has 0 fully saturated rings. The summed E-state index contributed by atoms with van der Waals surface area (Å²) in [4.78, 5) is 10.6. The van der Waals surface area contributed by atoms with Gasteiger partial charge in [-0.2, -0.15) is 0 Å². The van der Waals surface area contributed by atoms with E-state index < -0.39 is 5.97 Å². The van der Waals surface area contributed by atoms with E-state index in [1.54, 1.807) is 13.0 Å². The average molecular weight is 180 g/mol. The van der Waals surface area contributed by atoms with Crippen LogP contribution in [0.1, 0.15) is 28.9 Å². The van der Waals surface area contributed by atoms with Crippen LogP contribution in [0.2, 0.25) is 0 Å². The number of hydrogen-bond acceptors (Lipinski definition) is 3. The molecule has 4 heteroatoms. The maximum absolute atomic E-state index is 10.6. The van der Waals surface area contributed by atoms with Crippen LogP contribution in [0.3, 0.4) is 0 Å². The molecule has 0 saturated heterocycles. The Hall–Kier alpha value is -1.55. The first-order chi connectivity index (χ1) is 6.02. The number of nitrogen functional groups attached to an aromatic ring is 1. The molecule has 13 heavy (non-hydrogen) atoms. The van der Waals surface area contributed by atoms with E-state index in [2.05, 4.69) is 0 Å². The highest BCUT2D eigenvalue weighted by molar-refractivity contribution is 5.88. The summed E-state index contributed by atoms with van der Waals surface area (Å²) in [5.41, 5.74) is 12.6. The molecule has 0 aliphatic rings. The van der Waals surface area contributed by atoms with E-state index in [1.807, 2.05) is 0 Å². The molecule has 0 amide bonds. The zero-order valence-electron chi connectivity index (χ0n) is 7.32. The number of carboxylic acids is 1. The van der Waals surface area contributed by atoms with Gasteiger partial charge in [0.2, 0.25) is 0 Å². The minimum absolute atomic E-state index is 0.210. The predicted octanol–water partition coefficient (Wildman–Crippen LogP) is 0.987. The van der Waals surface area contributed by atoms with Crippen molar-refractivity contribution >= 4 is 11.7 Å². The van der Waals surface area contributed by atoms with Gasteiger partial charge in [-0.3, -0.25) is 0 Å². The molecule has 0 unspecified atom stereocenters. The smallest absolute Gasteiger partial charge is 0.335 e. The molecule has 0 heterocycles. The van der Waals surface area contributed by atoms with Crippen LogP contribution < -0.4 is 11.5 Å². The van der Waals surface area contributed by atoms with Gasteiger partial charge in [-0.15, -0.1) is 0 Å². The number of hydrogen-bond donors (Lipinski definition) is 3. The van der Waals surface area contributed by atoms with Crippen molar-refractivity contribution in [2.45, 2.75) is 13.0 Å². The lowest BCUT2D eigenvalue weighted by atomic mass is 10.0. The summed E-state index contributed by atoms with van der Waals surface area (Å²) < 4.78 is 0. The summed E-state index contributed by atoms with van der Waals surface area (Å²) in [6.45, 7) is 1.76. The number of carboxylic acid groups (broad SMARTS) is 1. The van der Waals surface area contributed by atoms with Crippen molar-refractivity contribution in [3.63, 3.8) is 0 Å². The zero-order chi connectivity index (χ0) is 10.0. The van der Waals surface area contributed by atoms with Gasteiger partial charge < -0.3 is 16.6 Å². The van der Waals surface area contributed by atoms with Gasteiger partial charge in [0.1, 0.15) is 0 Å². The van der Waals surface area contributed by atoms with Crippen LogP contribution in [0.15, 0.2) is 18.2 Å². The van der Waals surface area contributed by atoms with Gasteiger partial charge in [-0.05, 0) is 30.7 Å². The average Bonchev–Trinajstić information content (AvgIpc) is 2.04. The molecule has 0 saturated carbocycles. The van der Waals surface area contributed by atoms with E-state index in [0.717, 1.165) is 0 Å². The Morgan fingerprint density at radius 2 is 2.15 bits per heavy atom. The zero-order valence-corrected chi connectivity index (χ0v) is 7.32. The van der Waals surface area contributed by atoms with Crippen molar-refractivity contribution in [2.75, 3.05) is 5.73 Å². The topological polar surface area (TPSA) is 89.3 Å². The Labute approximate surface area is 76.2 Å². The first-order valence-electron chi connectivity index (χ1n) is 3.90. The van der Waals surface area contributed by atoms with Crippen LogP contribution in [-0.2, 0) is 0 Å². The number of nitrogens with two attached hydrogens (primary N) is 2. The highest BCUT2D eigenvalue weighted by Crippen LogP contribution is 2.19. The van der Waals surface area contributed by atoms with Crippen molar-refractivity contribution in [3.05, 3.63) is 29.3 Å². The molecular formula is C9H12N2O2. The molecule has 5 N–H and O–H groups in total. The Kier molecular flexibility index (Phi) is 2.53. The summed E-state index contributed by atoms with van der Waals surface area (Å²) in [6.07, 6.45) is 0. The highest BCUT2D eigenvalue weighted by Gasteiger charge is 2.08. The summed E-state index contributed by atoms with van der Waals surface area (Å²) in [5, 5.41) is 8.70. The molecule has 4 nitrogen and oxygen atoms in total. The third-order valence-electron chi connectivity index (χ3n) is 1.82. The molecule has 0 aromatic heterocycles. The van der Waals surface area contributed by atoms with Crippen molar-refractivity contribution < 1.29 is 9.90 Å². The van der Waals surface area contributed by atoms with Gasteiger partial charge in [0.25, 0.3) is 0 Å². The van der Waals surface area contributed by atoms with Crippen LogP contribution in [-0.4, -0.2) is 11.1 Å². The number of aromatic carboxylic acids is 1. The molecule has 1 aromatic rings. The minimum Gasteiger partial charge on any atom is -0.478 e. The van der Waals surface area contributed by atoms with E-state index in [4.69, 9.17) is 16.6 Å². The van der Waals surface area contributed by atoms with Gasteiger partial charge >= 0.3 is 5.97 Å². The second-order valence-corrected chi connectivity index (χ2v) is 2.94. The predicted molar refractivity (Wildman–Crippen MR) is 50.4 cm³/mol. The largest absolute Gasteiger partial charge is 0.478 e. The third-order valence-corrected chi connectivity index (χ3v) is 1.82. The normalized spacial score (nSPS) is 12.5. The van der Waals surface area contributed by atoms with Crippen molar-refractivity contribution in [1.29, 1.82) is 0 Å². The molecular weight excluding hydrogens is 168 g/mol. The maximum Gasteiger partial charge on any atom is 0.335 e. The molecule has 0 aliphatic carbocycles. The molecule has 1 rings (SSSR count). The Balaban J connectivity index is 3.19. The van der Waals surface area contributed by atoms with Crippen LogP contribution in [0.5, 0.6) is 0 Å². The van der Waals surface area contributed by atoms with Crippen LogP contribution >= 0.6 is 0 Å². The fourth-order valence-electron chi connectivity index (χ4n) is 1.10. The molecule has 0 bridgehead atoms. The minimum atomic E-state index is -0.970. The maximum atomic E-state index is 10.6. The SMILES string of the molecule is C[C@@H](N)c1cc(C(=O)O)ccc1N. The first kappa shape index (κ1) is 9.54. The van der Waals surface area contributed by atoms with Gasteiger partial charge in [0, 0.05) is 11.7 Å². The molecule has 0 spiro atoms. The Morgan fingerprint density at radius 3 is 2.62 bits per heavy atom. The monoisotopic (exact) mass is 180 g/mol. The van der Waals surface area contributed by atoms with Gasteiger partial charge in [0.05, 0.1) is 5.56 Å². The van der Waals surface area contributed by atoms with E-state index in [9.17, 15) is 4.79 Å². The standard InChI is InChI=1S/C9H12N2O2/c1-5(10)7-4-6(9(12)13)2-3-8(7)11/h2-5H,10-11H2,1H3,(H,12,13)/t5-/m1/s1. The third kappa shape index (κ3) is 1.97. The number of benzene rings is 1. The van der Waals surface area contributed by atoms with E-state index >= 15 is 0 Å². The quantitative estimate of drug-likeness (QED) is 0.592. The lowest BCUT2D eigenvalue weighted by Gasteiger charge is -2.09. The van der Waals surface area contributed by atoms with Crippen LogP contribution in [0, 0.1) is 0 Å². The molecule has 1 atom stereocenters. The lowest BCUT2D eigenvalue weighted by Crippen LogP contribution is -2.09. The van der Waals surface area contributed by atoms with Gasteiger partial charge in [-0.1, -0.05) is 0 Å². The van der Waals surface area contributed by atoms with Crippen molar-refractivity contribution in [3.8, 4) is 0 Å². The van der Waals surface area contributed by atoms with Gasteiger partial charge in [-0.25, -0.2) is 4.79 Å². The van der Waals surface area contributed by atoms with E-state index in [1.165, 1.54) is 12.1 Å². The fourth-order valence-corrected chi connectivity index (χ4v) is 1.10. The summed E-state index contributed by atoms with van der Waals surface area (Å²) in [5.74, 6) is -0.970. The van der Waals surface area contributed by atoms with Crippen molar-refractivity contribution in [2.24, 2.45) is 5.73 Å². The van der Waals surface area contributed by atoms with E-state index in [0.29, 0.717) is 11.3 Å². The summed E-state index contributed by atoms with van der Waals surface area (Å²) >= 11 is 0. The fraction of sp³-hybridized carbons (Fsp3) is 0.222. The number of rotatable bonds is 2. The Bertz CT molecular complexity index is 334. The van der Waals surface area contributed by atoms with Gasteiger partial charge in [0.15, 0.2) is 0 Å². The summed E-state index contributed by atoms with van der Waals surface area (Å²) in [6, 6.07) is 4.27. The Morgan fingerprint density at radius 1 is 1.54 bits per heavy atom. The lowest BCUT2D eigenvalue weighted by molar-refractivity contribution is 0.0697. The van der Waals surface area contributed by atoms with E-state index in [-0.39, 0.29) is 11.6 Å².